The largest absolute Gasteiger partial charge is 0.507 e. The first-order valence-electron chi connectivity index (χ1n) is 26.1. The third kappa shape index (κ3) is 8.81. The van der Waals surface area contributed by atoms with Gasteiger partial charge in [0.15, 0.2) is 0 Å². The monoisotopic (exact) mass is 897 g/mol. The number of aryl methyl sites for hydroxylation is 2. The zero-order chi connectivity index (χ0) is 52.6. The van der Waals surface area contributed by atoms with E-state index < -0.39 is 24.1 Å². The van der Waals surface area contributed by atoms with Crippen LogP contribution in [0.1, 0.15) is 121 Å². The van der Waals surface area contributed by atoms with Gasteiger partial charge in [-0.2, -0.15) is 0 Å². The minimum absolute atomic E-state index is 0.0673. The quantitative estimate of drug-likeness (QED) is 0.157. The molecule has 1 N–H and O–H groups in total. The molecule has 0 unspecified atom stereocenters. The van der Waals surface area contributed by atoms with Crippen LogP contribution in [-0.4, -0.2) is 19.6 Å². The van der Waals surface area contributed by atoms with Crippen LogP contribution in [0.4, 0.5) is 0 Å². The van der Waals surface area contributed by atoms with Crippen molar-refractivity contribution in [2.75, 3.05) is 0 Å². The maximum Gasteiger partial charge on any atom is 0.149 e. The molecule has 0 saturated heterocycles. The summed E-state index contributed by atoms with van der Waals surface area (Å²) in [5.74, 6) is -1.65. The molecule has 9 rings (SSSR count). The third-order valence-electron chi connectivity index (χ3n) is 13.2. The lowest BCUT2D eigenvalue weighted by atomic mass is 9.79. The van der Waals surface area contributed by atoms with Gasteiger partial charge in [-0.15, -0.1) is 0 Å². The molecule has 4 heteroatoms. The van der Waals surface area contributed by atoms with Crippen LogP contribution in [-0.2, 0) is 10.8 Å². The van der Waals surface area contributed by atoms with Gasteiger partial charge in [-0.25, -0.2) is 4.98 Å². The molecule has 342 valence electrons. The second-order valence-electron chi connectivity index (χ2n) is 20.8. The summed E-state index contributed by atoms with van der Waals surface area (Å²) >= 11 is 0. The molecule has 68 heavy (non-hydrogen) atoms. The molecule has 7 aromatic carbocycles. The molecule has 0 saturated carbocycles. The Morgan fingerprint density at radius 1 is 0.574 bits per heavy atom. The molecule has 0 amide bonds. The highest BCUT2D eigenvalue weighted by Gasteiger charge is 2.29. The van der Waals surface area contributed by atoms with Gasteiger partial charge in [0.2, 0.25) is 0 Å². The molecule has 2 aromatic heterocycles. The van der Waals surface area contributed by atoms with Crippen molar-refractivity contribution in [2.24, 2.45) is 0 Å². The number of rotatable bonds is 9. The second-order valence-corrected chi connectivity index (χ2v) is 20.8. The molecule has 2 heterocycles. The Labute approximate surface area is 411 Å². The first-order chi connectivity index (χ1) is 34.2. The Hall–Kier alpha value is -7.04. The topological polar surface area (TPSA) is 50.9 Å². The minimum atomic E-state index is -2.64. The first kappa shape index (κ1) is 40.1. The van der Waals surface area contributed by atoms with Crippen molar-refractivity contribution in [1.82, 2.24) is 14.5 Å². The van der Waals surface area contributed by atoms with Crippen molar-refractivity contribution in [1.29, 1.82) is 0 Å². The van der Waals surface area contributed by atoms with Crippen LogP contribution < -0.4 is 0 Å². The van der Waals surface area contributed by atoms with E-state index in [0.717, 1.165) is 55.8 Å². The van der Waals surface area contributed by atoms with Crippen LogP contribution in [0.2, 0.25) is 0 Å². The van der Waals surface area contributed by atoms with Crippen LogP contribution in [0.3, 0.4) is 0 Å². The summed E-state index contributed by atoms with van der Waals surface area (Å²) in [6.07, 6.45) is 1.85. The van der Waals surface area contributed by atoms with Gasteiger partial charge < -0.3 is 5.11 Å². The Bertz CT molecular complexity index is 3510. The van der Waals surface area contributed by atoms with E-state index >= 15 is 0 Å². The number of hydrogen-bond donors (Lipinski definition) is 1. The van der Waals surface area contributed by atoms with Crippen molar-refractivity contribution < 1.29 is 12.0 Å². The van der Waals surface area contributed by atoms with Gasteiger partial charge in [0.25, 0.3) is 0 Å². The lowest BCUT2D eigenvalue weighted by molar-refractivity contribution is 0.446. The van der Waals surface area contributed by atoms with Crippen LogP contribution in [0.15, 0.2) is 158 Å². The summed E-state index contributed by atoms with van der Waals surface area (Å²) < 4.78 is 48.0. The molecule has 0 bridgehead atoms. The van der Waals surface area contributed by atoms with E-state index in [1.165, 1.54) is 5.56 Å². The Morgan fingerprint density at radius 3 is 1.88 bits per heavy atom. The lowest BCUT2D eigenvalue weighted by Gasteiger charge is -2.27. The predicted molar refractivity (Wildman–Crippen MR) is 288 cm³/mol. The zero-order valence-electron chi connectivity index (χ0n) is 46.3. The fourth-order valence-corrected chi connectivity index (χ4v) is 9.39. The van der Waals surface area contributed by atoms with E-state index in [2.05, 4.69) is 121 Å². The number of hydrogen-bond acceptors (Lipinski definition) is 3. The maximum atomic E-state index is 12.6. The Morgan fingerprint density at radius 2 is 1.22 bits per heavy atom. The van der Waals surface area contributed by atoms with Gasteiger partial charge in [-0.05, 0) is 152 Å². The molecule has 0 radical (unpaired) electrons. The molecule has 0 aliphatic rings. The maximum absolute atomic E-state index is 12.6. The molecule has 4 nitrogen and oxygen atoms in total. The summed E-state index contributed by atoms with van der Waals surface area (Å²) in [5.41, 5.74) is 14.6. The normalized spacial score (nSPS) is 13.7. The number of phenols is 1. The molecule has 0 aliphatic heterocycles. The van der Waals surface area contributed by atoms with Crippen molar-refractivity contribution >= 4 is 11.0 Å². The number of phenolic OH excluding ortho intramolecular Hbond substituents is 1. The highest BCUT2D eigenvalue weighted by molar-refractivity contribution is 5.98. The second kappa shape index (κ2) is 17.9. The average molecular weight is 897 g/mol. The SMILES string of the molecule is [2H]C([2H])([2H])c1cc(-c2c(C([2H])(C)C)cccc2C([2H])(C)C)ccc1-n1c(-c2cc(C(C)(C)C)cc(C(C)(C)C)c2O)nc2c(-c3cc(-c4ccccc4)cc(-c4cc(-c5ccc(C)cc5)ccn4)c3)cccc21. The standard InChI is InChI=1S/C64H65N3O/c1-39(2)51-20-16-21-52(40(3)4)59(51)46-28-29-57(42(6)32-46)67-58-23-17-22-53(60(58)66-62(67)54-37-50(63(7,8)9)38-55(61(54)68)64(10,11)12)48-33-47(43-18-14-13-15-19-43)34-49(35-48)56-36-45(30-31-65-56)44-26-24-41(5)25-27-44/h13-40,68H,1-12H3/i6D3,39D,40D. The highest BCUT2D eigenvalue weighted by atomic mass is 16.3. The van der Waals surface area contributed by atoms with Crippen molar-refractivity contribution in [2.45, 2.75) is 106 Å². The summed E-state index contributed by atoms with van der Waals surface area (Å²) in [6.45, 7) is 19.4. The average Bonchev–Trinajstić information content (AvgIpc) is 3.72. The van der Waals surface area contributed by atoms with Crippen molar-refractivity contribution in [3.63, 3.8) is 0 Å². The van der Waals surface area contributed by atoms with Gasteiger partial charge in [0.05, 0.1) is 28.0 Å². The number of benzene rings is 7. The number of para-hydroxylation sites is 1. The van der Waals surface area contributed by atoms with Crippen molar-refractivity contribution in [3.05, 3.63) is 191 Å². The van der Waals surface area contributed by atoms with Crippen LogP contribution >= 0.6 is 0 Å². The molecule has 9 aromatic rings. The van der Waals surface area contributed by atoms with E-state index in [4.69, 9.17) is 9.97 Å². The molecular weight excluding hydrogens is 827 g/mol. The van der Waals surface area contributed by atoms with Crippen molar-refractivity contribution in [3.8, 4) is 78.6 Å². The fraction of sp³-hybridized carbons (Fsp3) is 0.250. The van der Waals surface area contributed by atoms with Gasteiger partial charge >= 0.3 is 0 Å². The number of fused-ring (bicyclic) bond motifs is 1. The van der Waals surface area contributed by atoms with Crippen LogP contribution in [0.5, 0.6) is 5.75 Å². The summed E-state index contributed by atoms with van der Waals surface area (Å²) in [4.78, 5) is 10.5. The number of imidazole rings is 1. The molecular formula is C64H65N3O. The molecule has 0 aliphatic carbocycles. The number of aromatic hydroxyl groups is 1. The first-order valence-corrected chi connectivity index (χ1v) is 23.6. The lowest BCUT2D eigenvalue weighted by Crippen LogP contribution is -2.17. The van der Waals surface area contributed by atoms with E-state index in [9.17, 15) is 12.0 Å². The summed E-state index contributed by atoms with van der Waals surface area (Å²) in [5, 5.41) is 12.6. The van der Waals surface area contributed by atoms with Crippen LogP contribution in [0, 0.1) is 13.8 Å². The summed E-state index contributed by atoms with van der Waals surface area (Å²) in [6, 6.07) is 50.6. The molecule has 0 atom stereocenters. The van der Waals surface area contributed by atoms with Gasteiger partial charge in [0, 0.05) is 29.7 Å². The predicted octanol–water partition coefficient (Wildman–Crippen LogP) is 17.6. The smallest absolute Gasteiger partial charge is 0.149 e. The number of pyridine rings is 1. The third-order valence-corrected chi connectivity index (χ3v) is 13.2. The van der Waals surface area contributed by atoms with Gasteiger partial charge in [0.1, 0.15) is 11.6 Å². The minimum Gasteiger partial charge on any atom is -0.507 e. The molecule has 0 spiro atoms. The van der Waals surface area contributed by atoms with E-state index in [1.54, 1.807) is 6.07 Å². The molecule has 0 fully saturated rings. The summed E-state index contributed by atoms with van der Waals surface area (Å²) in [7, 11) is 0. The Kier molecular flexibility index (Phi) is 10.5. The highest BCUT2D eigenvalue weighted by Crippen LogP contribution is 2.46. The van der Waals surface area contributed by atoms with E-state index in [0.29, 0.717) is 50.4 Å². The van der Waals surface area contributed by atoms with Crippen LogP contribution in [0.25, 0.3) is 83.9 Å². The van der Waals surface area contributed by atoms with E-state index in [1.807, 2.05) is 111 Å². The Balaban J connectivity index is 1.37. The van der Waals surface area contributed by atoms with Gasteiger partial charge in [-0.1, -0.05) is 172 Å². The van der Waals surface area contributed by atoms with Gasteiger partial charge in [-0.3, -0.25) is 9.55 Å². The number of nitrogens with zero attached hydrogens (tertiary/aromatic N) is 3. The van der Waals surface area contributed by atoms with E-state index in [-0.39, 0.29) is 16.7 Å². The fourth-order valence-electron chi connectivity index (χ4n) is 9.39. The number of aromatic nitrogens is 3. The zero-order valence-corrected chi connectivity index (χ0v) is 41.3.